The van der Waals surface area contributed by atoms with Gasteiger partial charge in [-0.05, 0) is 24.6 Å². The minimum atomic E-state index is -4.26. The first-order valence-electron chi connectivity index (χ1n) is 4.80. The van der Waals surface area contributed by atoms with E-state index in [9.17, 15) is 13.2 Å². The van der Waals surface area contributed by atoms with E-state index in [1.807, 2.05) is 0 Å². The topological polar surface area (TPSA) is 12.0 Å². The summed E-state index contributed by atoms with van der Waals surface area (Å²) in [5.74, 6) is 5.53. The SMILES string of the molecule is CC#CCNCc1ccc(C(F)(F)F)cc1. The quantitative estimate of drug-likeness (QED) is 0.618. The number of nitrogens with one attached hydrogen (secondary N) is 1. The average molecular weight is 227 g/mol. The normalized spacial score (nSPS) is 10.8. The van der Waals surface area contributed by atoms with Crippen molar-refractivity contribution in [3.05, 3.63) is 35.4 Å². The Morgan fingerprint density at radius 3 is 2.31 bits per heavy atom. The van der Waals surface area contributed by atoms with Gasteiger partial charge in [0.25, 0.3) is 0 Å². The predicted molar refractivity (Wildman–Crippen MR) is 56.6 cm³/mol. The van der Waals surface area contributed by atoms with Crippen molar-refractivity contribution in [3.63, 3.8) is 0 Å². The molecule has 1 aromatic rings. The van der Waals surface area contributed by atoms with Gasteiger partial charge in [-0.15, -0.1) is 5.92 Å². The molecule has 0 saturated carbocycles. The molecule has 0 radical (unpaired) electrons. The van der Waals surface area contributed by atoms with Gasteiger partial charge < -0.3 is 5.32 Å². The van der Waals surface area contributed by atoms with Crippen LogP contribution in [0.4, 0.5) is 13.2 Å². The highest BCUT2D eigenvalue weighted by molar-refractivity contribution is 5.24. The maximum atomic E-state index is 12.2. The van der Waals surface area contributed by atoms with Crippen LogP contribution in [-0.4, -0.2) is 6.54 Å². The first-order valence-corrected chi connectivity index (χ1v) is 4.80. The number of alkyl halides is 3. The van der Waals surface area contributed by atoms with E-state index in [1.165, 1.54) is 12.1 Å². The van der Waals surface area contributed by atoms with Gasteiger partial charge in [0.05, 0.1) is 12.1 Å². The van der Waals surface area contributed by atoms with Crippen molar-refractivity contribution in [2.45, 2.75) is 19.6 Å². The Labute approximate surface area is 92.7 Å². The van der Waals surface area contributed by atoms with Crippen molar-refractivity contribution in [1.29, 1.82) is 0 Å². The zero-order chi connectivity index (χ0) is 12.0. The molecule has 0 bridgehead atoms. The van der Waals surface area contributed by atoms with Gasteiger partial charge in [-0.2, -0.15) is 13.2 Å². The summed E-state index contributed by atoms with van der Waals surface area (Å²) in [5.41, 5.74) is 0.190. The molecule has 0 aromatic heterocycles. The Balaban J connectivity index is 2.54. The fourth-order valence-corrected chi connectivity index (χ4v) is 1.17. The monoisotopic (exact) mass is 227 g/mol. The van der Waals surface area contributed by atoms with Crippen LogP contribution in [0.2, 0.25) is 0 Å². The third-order valence-electron chi connectivity index (χ3n) is 2.00. The molecule has 0 aliphatic rings. The van der Waals surface area contributed by atoms with E-state index < -0.39 is 11.7 Å². The fourth-order valence-electron chi connectivity index (χ4n) is 1.17. The molecule has 0 heterocycles. The van der Waals surface area contributed by atoms with E-state index in [0.717, 1.165) is 17.7 Å². The van der Waals surface area contributed by atoms with Crippen LogP contribution in [-0.2, 0) is 12.7 Å². The lowest BCUT2D eigenvalue weighted by atomic mass is 10.1. The Morgan fingerprint density at radius 2 is 1.81 bits per heavy atom. The van der Waals surface area contributed by atoms with Gasteiger partial charge in [-0.1, -0.05) is 18.1 Å². The lowest BCUT2D eigenvalue weighted by Gasteiger charge is -2.07. The molecule has 0 saturated heterocycles. The smallest absolute Gasteiger partial charge is 0.302 e. The minimum Gasteiger partial charge on any atom is -0.302 e. The third-order valence-corrected chi connectivity index (χ3v) is 2.00. The lowest BCUT2D eigenvalue weighted by Crippen LogP contribution is -2.13. The zero-order valence-electron chi connectivity index (χ0n) is 8.86. The van der Waals surface area contributed by atoms with E-state index in [-0.39, 0.29) is 0 Å². The molecule has 0 fully saturated rings. The van der Waals surface area contributed by atoms with Crippen molar-refractivity contribution in [3.8, 4) is 11.8 Å². The molecule has 1 rings (SSSR count). The van der Waals surface area contributed by atoms with Crippen LogP contribution in [0.15, 0.2) is 24.3 Å². The van der Waals surface area contributed by atoms with Crippen LogP contribution in [0.1, 0.15) is 18.1 Å². The second-order valence-corrected chi connectivity index (χ2v) is 3.23. The van der Waals surface area contributed by atoms with Gasteiger partial charge in [-0.3, -0.25) is 0 Å². The summed E-state index contributed by atoms with van der Waals surface area (Å²) in [6, 6.07) is 5.11. The number of hydrogen-bond acceptors (Lipinski definition) is 1. The summed E-state index contributed by atoms with van der Waals surface area (Å²) in [5, 5.41) is 3.01. The Morgan fingerprint density at radius 1 is 1.19 bits per heavy atom. The van der Waals surface area contributed by atoms with Crippen molar-refractivity contribution < 1.29 is 13.2 Å². The van der Waals surface area contributed by atoms with Crippen LogP contribution in [0, 0.1) is 11.8 Å². The molecular formula is C12H12F3N. The molecule has 0 spiro atoms. The standard InChI is InChI=1S/C12H12F3N/c1-2-3-8-16-9-10-4-6-11(7-5-10)12(13,14)15/h4-7,16H,8-9H2,1H3. The largest absolute Gasteiger partial charge is 0.416 e. The fraction of sp³-hybridized carbons (Fsp3) is 0.333. The molecule has 4 heteroatoms. The summed E-state index contributed by atoms with van der Waals surface area (Å²) in [7, 11) is 0. The van der Waals surface area contributed by atoms with Gasteiger partial charge in [0.1, 0.15) is 0 Å². The van der Waals surface area contributed by atoms with Crippen molar-refractivity contribution >= 4 is 0 Å². The van der Waals surface area contributed by atoms with E-state index in [1.54, 1.807) is 6.92 Å². The summed E-state index contributed by atoms with van der Waals surface area (Å²) < 4.78 is 36.7. The zero-order valence-corrected chi connectivity index (χ0v) is 8.86. The van der Waals surface area contributed by atoms with Crippen LogP contribution in [0.5, 0.6) is 0 Å². The van der Waals surface area contributed by atoms with E-state index >= 15 is 0 Å². The highest BCUT2D eigenvalue weighted by atomic mass is 19.4. The molecule has 1 aromatic carbocycles. The molecule has 0 amide bonds. The van der Waals surface area contributed by atoms with Crippen LogP contribution >= 0.6 is 0 Å². The summed E-state index contributed by atoms with van der Waals surface area (Å²) in [6.45, 7) is 2.80. The number of halogens is 3. The van der Waals surface area contributed by atoms with E-state index in [2.05, 4.69) is 17.2 Å². The van der Waals surface area contributed by atoms with Crippen LogP contribution < -0.4 is 5.32 Å². The predicted octanol–water partition coefficient (Wildman–Crippen LogP) is 2.82. The summed E-state index contributed by atoms with van der Waals surface area (Å²) in [6.07, 6.45) is -4.26. The van der Waals surface area contributed by atoms with Crippen LogP contribution in [0.3, 0.4) is 0 Å². The molecule has 0 atom stereocenters. The van der Waals surface area contributed by atoms with Gasteiger partial charge in [0.2, 0.25) is 0 Å². The summed E-state index contributed by atoms with van der Waals surface area (Å²) >= 11 is 0. The minimum absolute atomic E-state index is 0.521. The Kier molecular flexibility index (Phi) is 4.39. The second kappa shape index (κ2) is 5.57. The number of benzene rings is 1. The maximum absolute atomic E-state index is 12.2. The molecular weight excluding hydrogens is 215 g/mol. The molecule has 86 valence electrons. The Hall–Kier alpha value is -1.47. The molecule has 0 aliphatic heterocycles. The first-order chi connectivity index (χ1) is 7.54. The first kappa shape index (κ1) is 12.6. The molecule has 0 unspecified atom stereocenters. The van der Waals surface area contributed by atoms with E-state index in [0.29, 0.717) is 13.1 Å². The average Bonchev–Trinajstić information content (AvgIpc) is 2.24. The van der Waals surface area contributed by atoms with Gasteiger partial charge >= 0.3 is 6.18 Å². The third kappa shape index (κ3) is 3.95. The summed E-state index contributed by atoms with van der Waals surface area (Å²) in [4.78, 5) is 0. The van der Waals surface area contributed by atoms with E-state index in [4.69, 9.17) is 0 Å². The van der Waals surface area contributed by atoms with Crippen molar-refractivity contribution in [2.75, 3.05) is 6.54 Å². The van der Waals surface area contributed by atoms with Gasteiger partial charge in [-0.25, -0.2) is 0 Å². The van der Waals surface area contributed by atoms with Gasteiger partial charge in [0.15, 0.2) is 0 Å². The van der Waals surface area contributed by atoms with Crippen molar-refractivity contribution in [2.24, 2.45) is 0 Å². The molecule has 16 heavy (non-hydrogen) atoms. The van der Waals surface area contributed by atoms with Crippen LogP contribution in [0.25, 0.3) is 0 Å². The van der Waals surface area contributed by atoms with Crippen molar-refractivity contribution in [1.82, 2.24) is 5.32 Å². The highest BCUT2D eigenvalue weighted by Gasteiger charge is 2.29. The second-order valence-electron chi connectivity index (χ2n) is 3.23. The number of hydrogen-bond donors (Lipinski definition) is 1. The number of rotatable bonds is 3. The molecule has 0 aliphatic carbocycles. The maximum Gasteiger partial charge on any atom is 0.416 e. The Bertz CT molecular complexity index is 381. The molecule has 1 nitrogen and oxygen atoms in total. The lowest BCUT2D eigenvalue weighted by molar-refractivity contribution is -0.137. The van der Waals surface area contributed by atoms with Gasteiger partial charge in [0, 0.05) is 6.54 Å². The highest BCUT2D eigenvalue weighted by Crippen LogP contribution is 2.28. The molecule has 1 N–H and O–H groups in total.